The summed E-state index contributed by atoms with van der Waals surface area (Å²) < 4.78 is 12.7. The summed E-state index contributed by atoms with van der Waals surface area (Å²) in [7, 11) is 0. The second-order valence-electron chi connectivity index (χ2n) is 8.51. The lowest BCUT2D eigenvalue weighted by Gasteiger charge is -2.33. The fourth-order valence-corrected chi connectivity index (χ4v) is 4.63. The fourth-order valence-electron chi connectivity index (χ4n) is 4.63. The van der Waals surface area contributed by atoms with Crippen LogP contribution in [0.2, 0.25) is 0 Å². The number of aliphatic hydroxyl groups excluding tert-OH is 3. The number of rotatable bonds is 6. The van der Waals surface area contributed by atoms with Crippen LogP contribution in [0.5, 0.6) is 6.01 Å². The predicted octanol–water partition coefficient (Wildman–Crippen LogP) is 1.45. The first-order chi connectivity index (χ1) is 16.0. The third-order valence-corrected chi connectivity index (χ3v) is 6.41. The number of aliphatic hydroxyl groups is 3. The van der Waals surface area contributed by atoms with Gasteiger partial charge in [0.1, 0.15) is 30.6 Å². The van der Waals surface area contributed by atoms with Crippen LogP contribution in [-0.4, -0.2) is 64.7 Å². The minimum atomic E-state index is -1.49. The van der Waals surface area contributed by atoms with Crippen LogP contribution in [0.3, 0.4) is 0 Å². The van der Waals surface area contributed by atoms with E-state index < -0.39 is 24.6 Å². The van der Waals surface area contributed by atoms with Crippen LogP contribution in [0.15, 0.2) is 24.7 Å². The van der Waals surface area contributed by atoms with Gasteiger partial charge in [-0.2, -0.15) is 20.3 Å². The number of H-pyrrole nitrogens is 1. The van der Waals surface area contributed by atoms with Crippen LogP contribution in [0.4, 0.5) is 0 Å². The third kappa shape index (κ3) is 4.18. The van der Waals surface area contributed by atoms with Gasteiger partial charge in [0.05, 0.1) is 30.4 Å². The van der Waals surface area contributed by atoms with Gasteiger partial charge < -0.3 is 29.8 Å². The second-order valence-corrected chi connectivity index (χ2v) is 8.51. The average molecular weight is 453 g/mol. The van der Waals surface area contributed by atoms with Crippen LogP contribution in [0, 0.1) is 23.9 Å². The first-order valence-corrected chi connectivity index (χ1v) is 11.0. The van der Waals surface area contributed by atoms with E-state index in [-0.39, 0.29) is 12.1 Å². The van der Waals surface area contributed by atoms with Gasteiger partial charge in [0.2, 0.25) is 6.29 Å². The second kappa shape index (κ2) is 9.07. The van der Waals surface area contributed by atoms with Gasteiger partial charge >= 0.3 is 6.01 Å². The lowest BCUT2D eigenvalue weighted by molar-refractivity contribution is -0.220. The topological polar surface area (TPSA) is 162 Å². The van der Waals surface area contributed by atoms with Crippen molar-refractivity contribution in [1.82, 2.24) is 24.7 Å². The van der Waals surface area contributed by atoms with Crippen LogP contribution >= 0.6 is 0 Å². The third-order valence-electron chi connectivity index (χ3n) is 6.41. The Balaban J connectivity index is 1.45. The van der Waals surface area contributed by atoms with Gasteiger partial charge in [0, 0.05) is 23.3 Å². The van der Waals surface area contributed by atoms with Crippen LogP contribution < -0.4 is 4.74 Å². The summed E-state index contributed by atoms with van der Waals surface area (Å²) in [5.74, 6) is 0.428. The summed E-state index contributed by atoms with van der Waals surface area (Å²) in [6.45, 7) is 0.999. The molecule has 5 rings (SSSR count). The van der Waals surface area contributed by atoms with Crippen molar-refractivity contribution in [2.45, 2.75) is 62.7 Å². The Morgan fingerprint density at radius 2 is 2.06 bits per heavy atom. The highest BCUT2D eigenvalue weighted by Crippen LogP contribution is 2.37. The Kier molecular flexibility index (Phi) is 5.99. The van der Waals surface area contributed by atoms with Crippen molar-refractivity contribution in [2.24, 2.45) is 5.92 Å². The van der Waals surface area contributed by atoms with E-state index in [0.29, 0.717) is 23.7 Å². The molecule has 173 valence electrons. The molecule has 0 spiro atoms. The summed E-state index contributed by atoms with van der Waals surface area (Å²) in [5.41, 5.74) is 1.82. The Hall–Kier alpha value is -3.04. The van der Waals surface area contributed by atoms with Gasteiger partial charge in [-0.25, -0.2) is 0 Å². The highest BCUT2D eigenvalue weighted by atomic mass is 16.7. The molecule has 2 fully saturated rings. The van der Waals surface area contributed by atoms with E-state index in [1.54, 1.807) is 12.4 Å². The van der Waals surface area contributed by atoms with Crippen LogP contribution in [-0.2, 0) is 4.74 Å². The van der Waals surface area contributed by atoms with Gasteiger partial charge in [-0.1, -0.05) is 12.8 Å². The van der Waals surface area contributed by atoms with E-state index in [2.05, 4.69) is 26.1 Å². The molecule has 11 heteroatoms. The number of aromatic amines is 1. The van der Waals surface area contributed by atoms with Crippen molar-refractivity contribution in [3.05, 3.63) is 31.3 Å². The number of nitrogens with zero attached hydrogens (tertiary/aromatic N) is 5. The fraction of sp³-hybridized carbons (Fsp3) is 0.500. The highest BCUT2D eigenvalue weighted by molar-refractivity contribution is 5.90. The molecule has 2 aliphatic rings. The Morgan fingerprint density at radius 1 is 1.24 bits per heavy atom. The van der Waals surface area contributed by atoms with Crippen molar-refractivity contribution in [2.75, 3.05) is 0 Å². The number of hydrogen-bond acceptors (Lipinski definition) is 9. The molecule has 1 aliphatic carbocycles. The predicted molar refractivity (Wildman–Crippen MR) is 114 cm³/mol. The van der Waals surface area contributed by atoms with Gasteiger partial charge in [-0.15, -0.1) is 0 Å². The quantitative estimate of drug-likeness (QED) is 0.432. The highest BCUT2D eigenvalue weighted by Gasteiger charge is 2.40. The number of fused-ring (bicyclic) bond motifs is 1. The average Bonchev–Trinajstić information content (AvgIpc) is 3.59. The molecular weight excluding hydrogens is 428 g/mol. The minimum Gasteiger partial charge on any atom is -0.430 e. The molecule has 33 heavy (non-hydrogen) atoms. The Bertz CT molecular complexity index is 1150. The summed E-state index contributed by atoms with van der Waals surface area (Å²) in [6, 6.07) is 4.08. The molecule has 3 aromatic heterocycles. The standard InChI is InChI=1S/C22H25N6O5/c23-7-5-15(12-3-1-2-4-12)28-10-13(9-25-28)17-14-6-8-24-20(14)27-22(26-17)33-21-19(31)18(30)16(29)11-32-21/h6,8-12,15-16,18-19,21,29-31H,1-5H2,(H,24,26,27). The number of nitrogens with one attached hydrogen (secondary N) is 1. The van der Waals surface area contributed by atoms with Gasteiger partial charge in [0.15, 0.2) is 0 Å². The van der Waals surface area contributed by atoms with Crippen molar-refractivity contribution in [3.8, 4) is 23.3 Å². The van der Waals surface area contributed by atoms with Crippen molar-refractivity contribution >= 4 is 11.0 Å². The van der Waals surface area contributed by atoms with Gasteiger partial charge in [-0.3, -0.25) is 4.68 Å². The Labute approximate surface area is 189 Å². The maximum absolute atomic E-state index is 10.2. The van der Waals surface area contributed by atoms with E-state index in [9.17, 15) is 20.6 Å². The number of hydrogen-bond donors (Lipinski definition) is 4. The minimum absolute atomic E-state index is 0.0137. The normalized spacial score (nSPS) is 27.0. The molecule has 1 saturated heterocycles. The first-order valence-electron chi connectivity index (χ1n) is 11.0. The van der Waals surface area contributed by atoms with Gasteiger partial charge in [0.25, 0.3) is 0 Å². The van der Waals surface area contributed by atoms with Crippen molar-refractivity contribution in [1.29, 1.82) is 5.26 Å². The molecule has 5 unspecified atom stereocenters. The monoisotopic (exact) mass is 453 g/mol. The number of nitriles is 1. The first kappa shape index (κ1) is 21.8. The van der Waals surface area contributed by atoms with E-state index in [1.165, 1.54) is 12.8 Å². The molecule has 4 heterocycles. The lowest BCUT2D eigenvalue weighted by Crippen LogP contribution is -2.53. The van der Waals surface area contributed by atoms with E-state index in [1.807, 2.05) is 16.9 Å². The molecular formula is C22H25N6O5. The molecule has 0 aromatic carbocycles. The summed E-state index contributed by atoms with van der Waals surface area (Å²) >= 11 is 0. The molecule has 3 aromatic rings. The maximum atomic E-state index is 10.2. The molecule has 1 radical (unpaired) electrons. The van der Waals surface area contributed by atoms with Gasteiger partial charge in [-0.05, 0) is 24.8 Å². The van der Waals surface area contributed by atoms with Crippen molar-refractivity contribution < 1.29 is 24.8 Å². The van der Waals surface area contributed by atoms with E-state index >= 15 is 0 Å². The zero-order chi connectivity index (χ0) is 22.9. The SMILES string of the molecule is N#CCC(C1CCCC1)n1cc(-c2nc(OC3O[CH]C(O)C(O)C3O)nc3[nH]ccc23)cn1. The largest absolute Gasteiger partial charge is 0.430 e. The molecule has 1 aliphatic heterocycles. The van der Waals surface area contributed by atoms with Crippen molar-refractivity contribution in [3.63, 3.8) is 0 Å². The zero-order valence-corrected chi connectivity index (χ0v) is 17.8. The summed E-state index contributed by atoms with van der Waals surface area (Å²) in [4.78, 5) is 11.9. The smallest absolute Gasteiger partial charge is 0.321 e. The number of aromatic nitrogens is 5. The summed E-state index contributed by atoms with van der Waals surface area (Å²) in [5, 5.41) is 44.3. The summed E-state index contributed by atoms with van der Waals surface area (Å²) in [6.07, 6.45) is 4.71. The zero-order valence-electron chi connectivity index (χ0n) is 17.8. The van der Waals surface area contributed by atoms with Crippen LogP contribution in [0.25, 0.3) is 22.3 Å². The molecule has 5 atom stereocenters. The molecule has 4 N–H and O–H groups in total. The molecule has 0 bridgehead atoms. The number of ether oxygens (including phenoxy) is 2. The molecule has 1 saturated carbocycles. The van der Waals surface area contributed by atoms with E-state index in [0.717, 1.165) is 30.4 Å². The molecule has 0 amide bonds. The maximum Gasteiger partial charge on any atom is 0.321 e. The lowest BCUT2D eigenvalue weighted by atomic mass is 9.96. The molecule has 11 nitrogen and oxygen atoms in total. The van der Waals surface area contributed by atoms with E-state index in [4.69, 9.17) is 9.47 Å². The van der Waals surface area contributed by atoms with Crippen LogP contribution in [0.1, 0.15) is 38.1 Å². The Morgan fingerprint density at radius 3 is 2.85 bits per heavy atom.